The molecule has 0 aromatic heterocycles. The van der Waals surface area contributed by atoms with E-state index in [2.05, 4.69) is 10.6 Å². The van der Waals surface area contributed by atoms with Gasteiger partial charge in [0, 0.05) is 19.6 Å². The van der Waals surface area contributed by atoms with E-state index in [1.54, 1.807) is 0 Å². The molecule has 6 heteroatoms. The van der Waals surface area contributed by atoms with Gasteiger partial charge in [0.05, 0.1) is 6.61 Å². The maximum absolute atomic E-state index is 11.5. The molecule has 1 fully saturated rings. The molecular formula is C10H18N2O4. The smallest absolute Gasteiger partial charge is 0.328 e. The van der Waals surface area contributed by atoms with Gasteiger partial charge in [-0.05, 0) is 19.4 Å². The van der Waals surface area contributed by atoms with Gasteiger partial charge in [0.25, 0.3) is 0 Å². The molecule has 2 atom stereocenters. The van der Waals surface area contributed by atoms with E-state index in [9.17, 15) is 9.59 Å². The molecule has 0 aromatic carbocycles. The lowest BCUT2D eigenvalue weighted by Crippen LogP contribution is -2.45. The van der Waals surface area contributed by atoms with E-state index in [0.29, 0.717) is 6.42 Å². The summed E-state index contributed by atoms with van der Waals surface area (Å²) in [4.78, 5) is 22.3. The maximum Gasteiger partial charge on any atom is 0.328 e. The molecule has 0 aromatic rings. The Balaban J connectivity index is 2.32. The van der Waals surface area contributed by atoms with Crippen LogP contribution in [0.4, 0.5) is 0 Å². The van der Waals surface area contributed by atoms with Crippen molar-refractivity contribution >= 4 is 11.9 Å². The van der Waals surface area contributed by atoms with Crippen LogP contribution in [0.1, 0.15) is 19.3 Å². The molecule has 6 nitrogen and oxygen atoms in total. The van der Waals surface area contributed by atoms with Gasteiger partial charge in [-0.3, -0.25) is 4.79 Å². The molecule has 1 aliphatic heterocycles. The Morgan fingerprint density at radius 1 is 1.62 bits per heavy atom. The summed E-state index contributed by atoms with van der Waals surface area (Å²) >= 11 is 0. The minimum absolute atomic E-state index is 0.0147. The molecule has 3 N–H and O–H groups in total. The standard InChI is InChI=1S/C10H18N2O4/c1-16-6-8(10(14)15)12-9(13)5-7-3-2-4-11-7/h7-8,11H,2-6H2,1H3,(H,12,13)(H,14,15). The van der Waals surface area contributed by atoms with Crippen molar-refractivity contribution < 1.29 is 19.4 Å². The van der Waals surface area contributed by atoms with E-state index in [4.69, 9.17) is 9.84 Å². The number of carboxylic acid groups (broad SMARTS) is 1. The summed E-state index contributed by atoms with van der Waals surface area (Å²) in [5.74, 6) is -1.32. The van der Waals surface area contributed by atoms with E-state index in [1.165, 1.54) is 7.11 Å². The minimum atomic E-state index is -1.07. The first kappa shape index (κ1) is 12.9. The van der Waals surface area contributed by atoms with Crippen molar-refractivity contribution in [2.24, 2.45) is 0 Å². The van der Waals surface area contributed by atoms with Crippen LogP contribution in [0.15, 0.2) is 0 Å². The van der Waals surface area contributed by atoms with Gasteiger partial charge in [0.1, 0.15) is 0 Å². The summed E-state index contributed by atoms with van der Waals surface area (Å²) in [7, 11) is 1.40. The van der Waals surface area contributed by atoms with E-state index < -0.39 is 12.0 Å². The number of hydrogen-bond acceptors (Lipinski definition) is 4. The van der Waals surface area contributed by atoms with Crippen molar-refractivity contribution in [3.63, 3.8) is 0 Å². The summed E-state index contributed by atoms with van der Waals surface area (Å²) in [6.45, 7) is 0.914. The number of methoxy groups -OCH3 is 1. The highest BCUT2D eigenvalue weighted by Crippen LogP contribution is 2.08. The second kappa shape index (κ2) is 6.44. The lowest BCUT2D eigenvalue weighted by atomic mass is 10.1. The van der Waals surface area contributed by atoms with Crippen LogP contribution in [0.2, 0.25) is 0 Å². The third-order valence-electron chi connectivity index (χ3n) is 2.56. The van der Waals surface area contributed by atoms with Crippen molar-refractivity contribution in [1.82, 2.24) is 10.6 Å². The fraction of sp³-hybridized carbons (Fsp3) is 0.800. The van der Waals surface area contributed by atoms with E-state index in [-0.39, 0.29) is 18.6 Å². The average molecular weight is 230 g/mol. The number of nitrogens with one attached hydrogen (secondary N) is 2. The number of ether oxygens (including phenoxy) is 1. The molecular weight excluding hydrogens is 212 g/mol. The number of carbonyl (C=O) groups is 2. The molecule has 0 spiro atoms. The van der Waals surface area contributed by atoms with Crippen LogP contribution in [0.25, 0.3) is 0 Å². The van der Waals surface area contributed by atoms with Gasteiger partial charge in [-0.2, -0.15) is 0 Å². The van der Waals surface area contributed by atoms with Gasteiger partial charge in [-0.1, -0.05) is 0 Å². The highest BCUT2D eigenvalue weighted by Gasteiger charge is 2.22. The minimum Gasteiger partial charge on any atom is -0.480 e. The topological polar surface area (TPSA) is 87.7 Å². The van der Waals surface area contributed by atoms with Gasteiger partial charge in [0.2, 0.25) is 5.91 Å². The van der Waals surface area contributed by atoms with Gasteiger partial charge in [-0.15, -0.1) is 0 Å². The highest BCUT2D eigenvalue weighted by atomic mass is 16.5. The second-order valence-electron chi connectivity index (χ2n) is 3.91. The number of rotatable bonds is 6. The molecule has 1 rings (SSSR count). The van der Waals surface area contributed by atoms with Gasteiger partial charge in [0.15, 0.2) is 6.04 Å². The predicted octanol–water partition coefficient (Wildman–Crippen LogP) is -0.656. The normalized spacial score (nSPS) is 21.7. The van der Waals surface area contributed by atoms with Crippen molar-refractivity contribution in [3.05, 3.63) is 0 Å². The summed E-state index contributed by atoms with van der Waals surface area (Å²) in [5.41, 5.74) is 0. The Hall–Kier alpha value is -1.14. The third-order valence-corrected chi connectivity index (χ3v) is 2.56. The molecule has 1 amide bonds. The average Bonchev–Trinajstić information content (AvgIpc) is 2.69. The SMILES string of the molecule is COCC(NC(=O)CC1CCCN1)C(=O)O. The van der Waals surface area contributed by atoms with Crippen molar-refractivity contribution in [2.75, 3.05) is 20.3 Å². The molecule has 16 heavy (non-hydrogen) atoms. The Labute approximate surface area is 94.3 Å². The Morgan fingerprint density at radius 2 is 2.38 bits per heavy atom. The van der Waals surface area contributed by atoms with Crippen LogP contribution < -0.4 is 10.6 Å². The zero-order valence-electron chi connectivity index (χ0n) is 9.36. The quantitative estimate of drug-likeness (QED) is 0.564. The largest absolute Gasteiger partial charge is 0.480 e. The van der Waals surface area contributed by atoms with Crippen LogP contribution in [-0.2, 0) is 14.3 Å². The first-order valence-corrected chi connectivity index (χ1v) is 5.38. The zero-order chi connectivity index (χ0) is 12.0. The summed E-state index contributed by atoms with van der Waals surface area (Å²) in [5, 5.41) is 14.4. The van der Waals surface area contributed by atoms with E-state index in [1.807, 2.05) is 0 Å². The number of carbonyl (C=O) groups excluding carboxylic acids is 1. The van der Waals surface area contributed by atoms with Crippen LogP contribution >= 0.6 is 0 Å². The van der Waals surface area contributed by atoms with Gasteiger partial charge >= 0.3 is 5.97 Å². The van der Waals surface area contributed by atoms with Gasteiger partial charge < -0.3 is 20.5 Å². The summed E-state index contributed by atoms with van der Waals surface area (Å²) in [6, 6.07) is -0.782. The molecule has 92 valence electrons. The summed E-state index contributed by atoms with van der Waals surface area (Å²) < 4.78 is 4.72. The lowest BCUT2D eigenvalue weighted by Gasteiger charge is -2.15. The number of amides is 1. The first-order chi connectivity index (χ1) is 7.63. The molecule has 0 radical (unpaired) electrons. The molecule has 1 saturated heterocycles. The van der Waals surface area contributed by atoms with Crippen LogP contribution in [0, 0.1) is 0 Å². The second-order valence-corrected chi connectivity index (χ2v) is 3.91. The number of carboxylic acids is 1. The fourth-order valence-corrected chi connectivity index (χ4v) is 1.75. The third kappa shape index (κ3) is 4.16. The molecule has 1 heterocycles. The van der Waals surface area contributed by atoms with E-state index >= 15 is 0 Å². The zero-order valence-corrected chi connectivity index (χ0v) is 9.36. The Morgan fingerprint density at radius 3 is 2.88 bits per heavy atom. The van der Waals surface area contributed by atoms with E-state index in [0.717, 1.165) is 19.4 Å². The molecule has 2 unspecified atom stereocenters. The lowest BCUT2D eigenvalue weighted by molar-refractivity contribution is -0.143. The van der Waals surface area contributed by atoms with Crippen LogP contribution in [-0.4, -0.2) is 49.3 Å². The molecule has 0 aliphatic carbocycles. The summed E-state index contributed by atoms with van der Waals surface area (Å²) in [6.07, 6.45) is 2.36. The molecule has 1 aliphatic rings. The fourth-order valence-electron chi connectivity index (χ4n) is 1.75. The Kier molecular flexibility index (Phi) is 5.21. The van der Waals surface area contributed by atoms with Crippen LogP contribution in [0.5, 0.6) is 0 Å². The monoisotopic (exact) mass is 230 g/mol. The first-order valence-electron chi connectivity index (χ1n) is 5.38. The van der Waals surface area contributed by atoms with Crippen molar-refractivity contribution in [1.29, 1.82) is 0 Å². The predicted molar refractivity (Wildman–Crippen MR) is 57.1 cm³/mol. The number of hydrogen-bond donors (Lipinski definition) is 3. The van der Waals surface area contributed by atoms with Crippen molar-refractivity contribution in [2.45, 2.75) is 31.3 Å². The molecule has 0 bridgehead atoms. The van der Waals surface area contributed by atoms with Crippen LogP contribution in [0.3, 0.4) is 0 Å². The van der Waals surface area contributed by atoms with Crippen molar-refractivity contribution in [3.8, 4) is 0 Å². The number of aliphatic carboxylic acids is 1. The molecule has 0 saturated carbocycles. The Bertz CT molecular complexity index is 251. The maximum atomic E-state index is 11.5. The highest BCUT2D eigenvalue weighted by molar-refractivity contribution is 5.83. The van der Waals surface area contributed by atoms with Gasteiger partial charge in [-0.25, -0.2) is 4.79 Å².